The van der Waals surface area contributed by atoms with Gasteiger partial charge in [-0.25, -0.2) is 0 Å². The molecule has 0 spiro atoms. The average Bonchev–Trinajstić information content (AvgIpc) is 3.39. The topological polar surface area (TPSA) is 82.5 Å². The highest BCUT2D eigenvalue weighted by molar-refractivity contribution is 7.99. The van der Waals surface area contributed by atoms with Gasteiger partial charge in [0.25, 0.3) is 0 Å². The largest absolute Gasteiger partial charge is 0.338 e. The first kappa shape index (κ1) is 20.6. The van der Waals surface area contributed by atoms with E-state index in [4.69, 9.17) is 16.1 Å². The number of halogens is 1. The molecule has 0 aliphatic heterocycles. The molecule has 0 fully saturated rings. The van der Waals surface area contributed by atoms with Crippen molar-refractivity contribution in [1.82, 2.24) is 29.9 Å². The molecule has 3 aromatic heterocycles. The first-order chi connectivity index (χ1) is 14.5. The van der Waals surface area contributed by atoms with Crippen LogP contribution in [0.4, 0.5) is 0 Å². The van der Waals surface area contributed by atoms with Gasteiger partial charge in [-0.3, -0.25) is 9.55 Å². The Morgan fingerprint density at radius 1 is 1.07 bits per heavy atom. The molecule has 1 atom stereocenters. The predicted octanol–water partition coefficient (Wildman–Crippen LogP) is 5.65. The van der Waals surface area contributed by atoms with E-state index in [1.165, 1.54) is 11.8 Å². The summed E-state index contributed by atoms with van der Waals surface area (Å²) < 4.78 is 7.48. The van der Waals surface area contributed by atoms with Crippen molar-refractivity contribution in [2.45, 2.75) is 44.0 Å². The molecule has 4 rings (SSSR count). The van der Waals surface area contributed by atoms with Crippen molar-refractivity contribution in [3.05, 3.63) is 65.0 Å². The van der Waals surface area contributed by atoms with Gasteiger partial charge in [-0.05, 0) is 43.7 Å². The van der Waals surface area contributed by atoms with Gasteiger partial charge >= 0.3 is 0 Å². The van der Waals surface area contributed by atoms with Gasteiger partial charge in [-0.1, -0.05) is 48.4 Å². The fourth-order valence-corrected chi connectivity index (χ4v) is 4.01. The van der Waals surface area contributed by atoms with Crippen molar-refractivity contribution in [3.63, 3.8) is 0 Å². The molecule has 154 valence electrons. The fourth-order valence-electron chi connectivity index (χ4n) is 2.95. The van der Waals surface area contributed by atoms with Crippen LogP contribution < -0.4 is 0 Å². The molecule has 0 saturated carbocycles. The highest BCUT2D eigenvalue weighted by Gasteiger charge is 2.23. The van der Waals surface area contributed by atoms with Gasteiger partial charge in [0, 0.05) is 28.9 Å². The van der Waals surface area contributed by atoms with Crippen LogP contribution in [0.25, 0.3) is 17.1 Å². The van der Waals surface area contributed by atoms with Crippen LogP contribution in [0.15, 0.2) is 52.4 Å². The maximum absolute atomic E-state index is 6.41. The first-order valence-electron chi connectivity index (χ1n) is 9.57. The van der Waals surface area contributed by atoms with Gasteiger partial charge in [0.2, 0.25) is 5.89 Å². The minimum Gasteiger partial charge on any atom is -0.338 e. The first-order valence-corrected chi connectivity index (χ1v) is 10.8. The van der Waals surface area contributed by atoms with E-state index in [-0.39, 0.29) is 11.2 Å². The van der Waals surface area contributed by atoms with Crippen LogP contribution in [0.1, 0.15) is 49.2 Å². The summed E-state index contributed by atoms with van der Waals surface area (Å²) in [5.74, 6) is 2.18. The summed E-state index contributed by atoms with van der Waals surface area (Å²) in [5, 5.41) is 14.3. The van der Waals surface area contributed by atoms with Crippen LogP contribution in [0.3, 0.4) is 0 Å². The summed E-state index contributed by atoms with van der Waals surface area (Å²) in [6, 6.07) is 9.62. The molecule has 4 aromatic rings. The third-order valence-corrected chi connectivity index (χ3v) is 6.10. The second-order valence-corrected chi connectivity index (χ2v) is 8.88. The molecule has 0 amide bonds. The van der Waals surface area contributed by atoms with E-state index in [2.05, 4.69) is 25.3 Å². The van der Waals surface area contributed by atoms with Gasteiger partial charge in [-0.15, -0.1) is 10.2 Å². The highest BCUT2D eigenvalue weighted by atomic mass is 35.5. The van der Waals surface area contributed by atoms with Gasteiger partial charge in [0.05, 0.1) is 10.9 Å². The van der Waals surface area contributed by atoms with Crippen molar-refractivity contribution in [3.8, 4) is 17.1 Å². The SMILES string of the molecule is Cc1c(Cl)cccc1-n1c(SC(C)c2nc(C(C)C)no2)nnc1-c1ccncc1. The van der Waals surface area contributed by atoms with E-state index in [1.54, 1.807) is 12.4 Å². The van der Waals surface area contributed by atoms with Crippen molar-refractivity contribution in [2.24, 2.45) is 0 Å². The summed E-state index contributed by atoms with van der Waals surface area (Å²) in [6.45, 7) is 8.06. The van der Waals surface area contributed by atoms with Crippen LogP contribution in [-0.4, -0.2) is 29.9 Å². The van der Waals surface area contributed by atoms with E-state index in [0.29, 0.717) is 27.7 Å². The number of pyridine rings is 1. The average molecular weight is 441 g/mol. The Labute approximate surface area is 183 Å². The van der Waals surface area contributed by atoms with Gasteiger partial charge in [0.1, 0.15) is 0 Å². The molecule has 1 aromatic carbocycles. The molecule has 1 unspecified atom stereocenters. The van der Waals surface area contributed by atoms with Crippen molar-refractivity contribution >= 4 is 23.4 Å². The van der Waals surface area contributed by atoms with Crippen LogP contribution >= 0.6 is 23.4 Å². The van der Waals surface area contributed by atoms with Crippen molar-refractivity contribution in [1.29, 1.82) is 0 Å². The highest BCUT2D eigenvalue weighted by Crippen LogP contribution is 2.37. The zero-order valence-corrected chi connectivity index (χ0v) is 18.6. The Morgan fingerprint density at radius 3 is 2.53 bits per heavy atom. The number of hydrogen-bond donors (Lipinski definition) is 0. The number of aromatic nitrogens is 6. The predicted molar refractivity (Wildman–Crippen MR) is 117 cm³/mol. The van der Waals surface area contributed by atoms with Gasteiger partial charge in [-0.2, -0.15) is 4.98 Å². The zero-order valence-electron chi connectivity index (χ0n) is 17.1. The molecule has 0 radical (unpaired) electrons. The van der Waals surface area contributed by atoms with Gasteiger partial charge < -0.3 is 4.52 Å². The Balaban J connectivity index is 1.78. The lowest BCUT2D eigenvalue weighted by atomic mass is 10.2. The molecule has 7 nitrogen and oxygen atoms in total. The molecule has 0 aliphatic rings. The maximum Gasteiger partial charge on any atom is 0.239 e. The van der Waals surface area contributed by atoms with E-state index >= 15 is 0 Å². The Kier molecular flexibility index (Phi) is 5.87. The molecule has 0 aliphatic carbocycles. The summed E-state index contributed by atoms with van der Waals surface area (Å²) >= 11 is 7.92. The molecule has 30 heavy (non-hydrogen) atoms. The third kappa shape index (κ3) is 3.97. The minimum absolute atomic E-state index is 0.0993. The summed E-state index contributed by atoms with van der Waals surface area (Å²) in [5.41, 5.74) is 2.78. The molecule has 0 N–H and O–H groups in total. The van der Waals surface area contributed by atoms with E-state index in [9.17, 15) is 0 Å². The molecular weight excluding hydrogens is 420 g/mol. The fraction of sp³-hybridized carbons (Fsp3) is 0.286. The van der Waals surface area contributed by atoms with E-state index < -0.39 is 0 Å². The number of nitrogens with zero attached hydrogens (tertiary/aromatic N) is 6. The second kappa shape index (κ2) is 8.57. The molecule has 9 heteroatoms. The summed E-state index contributed by atoms with van der Waals surface area (Å²) in [6.07, 6.45) is 3.47. The minimum atomic E-state index is -0.0993. The van der Waals surface area contributed by atoms with E-state index in [1.807, 2.05) is 62.6 Å². The van der Waals surface area contributed by atoms with Crippen LogP contribution in [0.2, 0.25) is 5.02 Å². The number of benzene rings is 1. The Morgan fingerprint density at radius 2 is 1.83 bits per heavy atom. The summed E-state index contributed by atoms with van der Waals surface area (Å²) in [7, 11) is 0. The molecule has 3 heterocycles. The van der Waals surface area contributed by atoms with Crippen LogP contribution in [0, 0.1) is 6.92 Å². The lowest BCUT2D eigenvalue weighted by Gasteiger charge is -2.14. The van der Waals surface area contributed by atoms with Crippen LogP contribution in [0.5, 0.6) is 0 Å². The Bertz CT molecular complexity index is 1160. The second-order valence-electron chi connectivity index (χ2n) is 7.17. The monoisotopic (exact) mass is 440 g/mol. The standard InChI is InChI=1S/C21H21ClN6OS/c1-12(2)18-24-20(29-27-18)14(4)30-21-26-25-19(15-8-10-23-11-9-15)28(21)17-7-5-6-16(22)13(17)3/h5-12,14H,1-4H3. The number of hydrogen-bond acceptors (Lipinski definition) is 7. The molecular formula is C21H21ClN6OS. The van der Waals surface area contributed by atoms with Crippen LogP contribution in [-0.2, 0) is 0 Å². The smallest absolute Gasteiger partial charge is 0.239 e. The molecule has 0 saturated heterocycles. The van der Waals surface area contributed by atoms with Crippen molar-refractivity contribution in [2.75, 3.05) is 0 Å². The Hall–Kier alpha value is -2.71. The maximum atomic E-state index is 6.41. The third-order valence-electron chi connectivity index (χ3n) is 4.66. The summed E-state index contributed by atoms with van der Waals surface area (Å²) in [4.78, 5) is 8.62. The number of thioether (sulfide) groups is 1. The lowest BCUT2D eigenvalue weighted by molar-refractivity contribution is 0.373. The molecule has 0 bridgehead atoms. The van der Waals surface area contributed by atoms with Crippen molar-refractivity contribution < 1.29 is 4.52 Å². The van der Waals surface area contributed by atoms with E-state index in [0.717, 1.165) is 16.8 Å². The number of rotatable bonds is 6. The zero-order chi connectivity index (χ0) is 21.3. The normalized spacial score (nSPS) is 12.5. The lowest BCUT2D eigenvalue weighted by Crippen LogP contribution is -2.03. The van der Waals surface area contributed by atoms with Gasteiger partial charge in [0.15, 0.2) is 16.8 Å². The quantitative estimate of drug-likeness (QED) is 0.358.